The number of piperidine rings is 1. The van der Waals surface area contributed by atoms with E-state index in [9.17, 15) is 22.8 Å². The number of rotatable bonds is 5. The van der Waals surface area contributed by atoms with Crippen molar-refractivity contribution in [2.45, 2.75) is 26.3 Å². The fraction of sp³-hybridized carbons (Fsp3) is 0.750. The second kappa shape index (κ2) is 4.28. The van der Waals surface area contributed by atoms with Crippen LogP contribution in [0.1, 0.15) is 20.3 Å². The lowest BCUT2D eigenvalue weighted by Crippen LogP contribution is -2.48. The highest BCUT2D eigenvalue weighted by atomic mass is 32.2. The van der Waals surface area contributed by atoms with E-state index in [0.29, 0.717) is 0 Å². The van der Waals surface area contributed by atoms with Crippen molar-refractivity contribution in [2.24, 2.45) is 17.3 Å². The van der Waals surface area contributed by atoms with Gasteiger partial charge in [-0.1, -0.05) is 13.8 Å². The van der Waals surface area contributed by atoms with E-state index in [1.54, 1.807) is 13.8 Å². The number of carbonyl (C=O) groups excluding carboxylic acids is 2. The van der Waals surface area contributed by atoms with E-state index in [4.69, 9.17) is 5.11 Å². The number of carbonyl (C=O) groups is 3. The number of sulfone groups is 1. The van der Waals surface area contributed by atoms with Gasteiger partial charge in [0.05, 0.1) is 17.6 Å². The maximum absolute atomic E-state index is 12.1. The highest BCUT2D eigenvalue weighted by Gasteiger charge is 2.73. The maximum atomic E-state index is 12.1. The minimum absolute atomic E-state index is 0.272. The van der Waals surface area contributed by atoms with Crippen LogP contribution in [0.4, 0.5) is 0 Å². The molecule has 3 unspecified atom stereocenters. The van der Waals surface area contributed by atoms with E-state index < -0.39 is 50.9 Å². The molecular weight excluding hydrogens is 286 g/mol. The van der Waals surface area contributed by atoms with Crippen molar-refractivity contribution in [3.05, 3.63) is 0 Å². The number of fused-ring (bicyclic) bond motifs is 1. The molecule has 1 aliphatic carbocycles. The van der Waals surface area contributed by atoms with Crippen molar-refractivity contribution < 1.29 is 27.9 Å². The molecule has 8 heteroatoms. The van der Waals surface area contributed by atoms with Gasteiger partial charge in [0.25, 0.3) is 0 Å². The zero-order valence-corrected chi connectivity index (χ0v) is 12.3. The first-order chi connectivity index (χ1) is 8.98. The van der Waals surface area contributed by atoms with Gasteiger partial charge in [-0.2, -0.15) is 0 Å². The highest BCUT2D eigenvalue weighted by Crippen LogP contribution is 2.63. The largest absolute Gasteiger partial charge is 0.480 e. The first-order valence-corrected chi connectivity index (χ1v) is 8.32. The maximum Gasteiger partial charge on any atom is 0.326 e. The van der Waals surface area contributed by atoms with Gasteiger partial charge in [-0.15, -0.1) is 0 Å². The molecule has 2 rings (SSSR count). The average Bonchev–Trinajstić information content (AvgIpc) is 2.72. The number of amides is 2. The SMILES string of the molecule is CC1(C)C2C(=O)N(C(CCS(C)(=O)=O)C(=O)O)C(=O)C21. The van der Waals surface area contributed by atoms with Gasteiger partial charge < -0.3 is 5.11 Å². The predicted molar refractivity (Wildman–Crippen MR) is 68.4 cm³/mol. The molecule has 0 aromatic rings. The van der Waals surface area contributed by atoms with Crippen LogP contribution in [-0.4, -0.2) is 54.3 Å². The summed E-state index contributed by atoms with van der Waals surface area (Å²) in [6, 6.07) is -1.40. The van der Waals surface area contributed by atoms with Crippen LogP contribution in [-0.2, 0) is 24.2 Å². The zero-order valence-electron chi connectivity index (χ0n) is 11.5. The second-order valence-electron chi connectivity index (χ2n) is 6.10. The number of carboxylic acids is 1. The predicted octanol–water partition coefficient (Wildman–Crippen LogP) is -0.485. The Morgan fingerprint density at radius 2 is 1.75 bits per heavy atom. The molecule has 112 valence electrons. The molecule has 0 aromatic heterocycles. The first kappa shape index (κ1) is 15.0. The fourth-order valence-electron chi connectivity index (χ4n) is 2.96. The third-order valence-electron chi connectivity index (χ3n) is 4.19. The van der Waals surface area contributed by atoms with E-state index in [1.165, 1.54) is 0 Å². The van der Waals surface area contributed by atoms with E-state index in [2.05, 4.69) is 0 Å². The molecule has 3 atom stereocenters. The Bertz CT molecular complexity index is 569. The smallest absolute Gasteiger partial charge is 0.326 e. The number of imide groups is 1. The van der Waals surface area contributed by atoms with Gasteiger partial charge >= 0.3 is 5.97 Å². The van der Waals surface area contributed by atoms with Gasteiger partial charge in [0.2, 0.25) is 11.8 Å². The van der Waals surface area contributed by atoms with Crippen LogP contribution < -0.4 is 0 Å². The van der Waals surface area contributed by atoms with Gasteiger partial charge in [0, 0.05) is 6.26 Å². The quantitative estimate of drug-likeness (QED) is 0.687. The summed E-state index contributed by atoms with van der Waals surface area (Å²) in [7, 11) is -3.35. The van der Waals surface area contributed by atoms with Gasteiger partial charge in [0.1, 0.15) is 15.9 Å². The monoisotopic (exact) mass is 303 g/mol. The van der Waals surface area contributed by atoms with Crippen molar-refractivity contribution in [1.82, 2.24) is 4.90 Å². The third-order valence-corrected chi connectivity index (χ3v) is 5.17. The van der Waals surface area contributed by atoms with Crippen molar-refractivity contribution in [1.29, 1.82) is 0 Å². The molecule has 7 nitrogen and oxygen atoms in total. The first-order valence-electron chi connectivity index (χ1n) is 6.26. The van der Waals surface area contributed by atoms with E-state index in [0.717, 1.165) is 11.2 Å². The molecule has 2 amide bonds. The average molecular weight is 303 g/mol. The van der Waals surface area contributed by atoms with Gasteiger partial charge in [0.15, 0.2) is 0 Å². The Hall–Kier alpha value is -1.44. The minimum atomic E-state index is -3.35. The summed E-state index contributed by atoms with van der Waals surface area (Å²) in [4.78, 5) is 36.3. The third kappa shape index (κ3) is 2.21. The number of aliphatic carboxylic acids is 1. The number of hydrogen-bond donors (Lipinski definition) is 1. The van der Waals surface area contributed by atoms with Gasteiger partial charge in [-0.25, -0.2) is 13.2 Å². The van der Waals surface area contributed by atoms with Crippen molar-refractivity contribution in [3.8, 4) is 0 Å². The molecule has 0 radical (unpaired) electrons. The molecule has 1 heterocycles. The molecule has 1 saturated carbocycles. The van der Waals surface area contributed by atoms with Crippen LogP contribution >= 0.6 is 0 Å². The highest BCUT2D eigenvalue weighted by molar-refractivity contribution is 7.90. The van der Waals surface area contributed by atoms with E-state index in [1.807, 2.05) is 0 Å². The molecule has 0 spiro atoms. The normalized spacial score (nSPS) is 29.2. The Morgan fingerprint density at radius 1 is 1.30 bits per heavy atom. The topological polar surface area (TPSA) is 109 Å². The summed E-state index contributed by atoms with van der Waals surface area (Å²) < 4.78 is 22.3. The Labute approximate surface area is 116 Å². The lowest BCUT2D eigenvalue weighted by molar-refractivity contribution is -0.157. The minimum Gasteiger partial charge on any atom is -0.480 e. The van der Waals surface area contributed by atoms with Crippen LogP contribution in [0.2, 0.25) is 0 Å². The van der Waals surface area contributed by atoms with Crippen LogP contribution in [0.25, 0.3) is 0 Å². The van der Waals surface area contributed by atoms with Crippen molar-refractivity contribution in [3.63, 3.8) is 0 Å². The standard InChI is InChI=1S/C12H17NO6S/c1-12(2)7-8(12)10(15)13(9(7)14)6(11(16)17)4-5-20(3,18)19/h6-8H,4-5H2,1-3H3,(H,16,17). The molecule has 1 saturated heterocycles. The van der Waals surface area contributed by atoms with E-state index in [-0.39, 0.29) is 12.2 Å². The molecule has 20 heavy (non-hydrogen) atoms. The second-order valence-corrected chi connectivity index (χ2v) is 8.36. The Balaban J connectivity index is 2.19. The summed E-state index contributed by atoms with van der Waals surface area (Å²) in [5, 5.41) is 9.16. The number of nitrogens with zero attached hydrogens (tertiary/aromatic N) is 1. The molecule has 0 aromatic carbocycles. The van der Waals surface area contributed by atoms with Crippen molar-refractivity contribution >= 4 is 27.6 Å². The molecule has 1 aliphatic heterocycles. The van der Waals surface area contributed by atoms with Crippen molar-refractivity contribution in [2.75, 3.05) is 12.0 Å². The van der Waals surface area contributed by atoms with Gasteiger partial charge in [-0.3, -0.25) is 14.5 Å². The lowest BCUT2D eigenvalue weighted by Gasteiger charge is -2.26. The van der Waals surface area contributed by atoms with Gasteiger partial charge in [-0.05, 0) is 11.8 Å². The molecule has 2 aliphatic rings. The fourth-order valence-corrected chi connectivity index (χ4v) is 3.62. The summed E-state index contributed by atoms with van der Waals surface area (Å²) in [6.45, 7) is 3.59. The summed E-state index contributed by atoms with van der Waals surface area (Å²) in [5.41, 5.74) is -0.412. The zero-order chi connectivity index (χ0) is 15.5. The summed E-state index contributed by atoms with van der Waals surface area (Å²) in [5.74, 6) is -3.64. The number of carboxylic acid groups (broad SMARTS) is 1. The van der Waals surface area contributed by atoms with Crippen LogP contribution in [0, 0.1) is 17.3 Å². The molecular formula is C12H17NO6S. The van der Waals surface area contributed by atoms with Crippen LogP contribution in [0.15, 0.2) is 0 Å². The Morgan fingerprint density at radius 3 is 2.10 bits per heavy atom. The molecule has 0 bridgehead atoms. The number of likely N-dealkylation sites (tertiary alicyclic amines) is 1. The lowest BCUT2D eigenvalue weighted by atomic mass is 10.0. The van der Waals surface area contributed by atoms with Crippen LogP contribution in [0.5, 0.6) is 0 Å². The summed E-state index contributed by atoms with van der Waals surface area (Å²) in [6.07, 6.45) is 0.714. The Kier molecular flexibility index (Phi) is 3.20. The van der Waals surface area contributed by atoms with E-state index >= 15 is 0 Å². The molecule has 2 fully saturated rings. The summed E-state index contributed by atoms with van der Waals surface area (Å²) >= 11 is 0. The van der Waals surface area contributed by atoms with Crippen LogP contribution in [0.3, 0.4) is 0 Å². The number of hydrogen-bond acceptors (Lipinski definition) is 5. The molecule has 1 N–H and O–H groups in total.